The lowest BCUT2D eigenvalue weighted by atomic mass is 9.88. The molecule has 142 valence electrons. The zero-order valence-corrected chi connectivity index (χ0v) is 19.3. The van der Waals surface area contributed by atoms with Crippen molar-refractivity contribution in [2.24, 2.45) is 0 Å². The normalized spacial score (nSPS) is 11.9. The van der Waals surface area contributed by atoms with Crippen molar-refractivity contribution < 1.29 is 9.53 Å². The van der Waals surface area contributed by atoms with E-state index in [1.165, 1.54) is 43.1 Å². The van der Waals surface area contributed by atoms with Gasteiger partial charge >= 0.3 is 5.97 Å². The van der Waals surface area contributed by atoms with E-state index in [2.05, 4.69) is 87.2 Å². The van der Waals surface area contributed by atoms with Gasteiger partial charge in [-0.1, -0.05) is 48.5 Å². The molecule has 6 rings (SSSR count). The average Bonchev–Trinajstić information content (AvgIpc) is 2.77. The molecule has 0 saturated heterocycles. The van der Waals surface area contributed by atoms with E-state index in [1.54, 1.807) is 0 Å². The predicted octanol–water partition coefficient (Wildman–Crippen LogP) is 4.65. The molecule has 6 aromatic rings. The fourth-order valence-electron chi connectivity index (χ4n) is 4.97. The molecule has 4 heteroatoms. The van der Waals surface area contributed by atoms with Gasteiger partial charge in [-0.25, -0.2) is 4.79 Å². The van der Waals surface area contributed by atoms with Crippen LogP contribution in [0.2, 0.25) is 0 Å². The van der Waals surface area contributed by atoms with Gasteiger partial charge in [0.05, 0.1) is 12.2 Å². The van der Waals surface area contributed by atoms with Crippen molar-refractivity contribution in [1.82, 2.24) is 0 Å². The summed E-state index contributed by atoms with van der Waals surface area (Å²) in [5.41, 5.74) is 0.594. The molecule has 0 aromatic heterocycles. The van der Waals surface area contributed by atoms with Gasteiger partial charge in [0.1, 0.15) is 0 Å². The Kier molecular flexibility index (Phi) is 4.30. The van der Waals surface area contributed by atoms with Crippen LogP contribution in [-0.2, 0) is 4.74 Å². The second-order valence-electron chi connectivity index (χ2n) is 8.01. The van der Waals surface area contributed by atoms with Crippen molar-refractivity contribution in [2.75, 3.05) is 6.61 Å². The summed E-state index contributed by atoms with van der Waals surface area (Å²) in [4.78, 5) is 12.5. The second kappa shape index (κ2) is 6.96. The lowest BCUT2D eigenvalue weighted by Crippen LogP contribution is -2.12. The molecular weight excluding hydrogens is 410 g/mol. The molecule has 2 nitrogen and oxygen atoms in total. The molecule has 0 N–H and O–H groups in total. The summed E-state index contributed by atoms with van der Waals surface area (Å²) in [5, 5.41) is 12.1. The third-order valence-electron chi connectivity index (χ3n) is 6.21. The maximum atomic E-state index is 12.5. The van der Waals surface area contributed by atoms with Crippen LogP contribution in [0, 0.1) is 0 Å². The monoisotopic (exact) mass is 426 g/mol. The minimum atomic E-state index is -0.278. The van der Waals surface area contributed by atoms with E-state index >= 15 is 0 Å². The summed E-state index contributed by atoms with van der Waals surface area (Å²) in [5.74, 6) is -0.278. The third-order valence-corrected chi connectivity index (χ3v) is 7.15. The summed E-state index contributed by atoms with van der Waals surface area (Å²) in [6.07, 6.45) is 0. The molecule has 0 bridgehead atoms. The van der Waals surface area contributed by atoms with Crippen LogP contribution < -0.4 is 8.85 Å². The van der Waals surface area contributed by atoms with Gasteiger partial charge in [0, 0.05) is 0 Å². The van der Waals surface area contributed by atoms with Crippen LogP contribution in [0.1, 0.15) is 17.3 Å². The molecule has 0 atom stereocenters. The van der Waals surface area contributed by atoms with E-state index in [9.17, 15) is 4.79 Å². The Hall–Kier alpha value is -2.59. The minimum absolute atomic E-state index is 0.278. The predicted molar refractivity (Wildman–Crippen MR) is 132 cm³/mol. The van der Waals surface area contributed by atoms with Crippen molar-refractivity contribution >= 4 is 101 Å². The number of fused-ring (bicyclic) bond motifs is 4. The zero-order chi connectivity index (χ0) is 21.3. The zero-order valence-electron chi connectivity index (χ0n) is 17.0. The highest BCUT2D eigenvalue weighted by atomic mass is 27.1. The number of esters is 1. The molecule has 31 heavy (non-hydrogen) atoms. The van der Waals surface area contributed by atoms with Crippen molar-refractivity contribution in [3.63, 3.8) is 0 Å². The van der Waals surface area contributed by atoms with Crippen LogP contribution in [0.5, 0.6) is 0 Å². The number of carbonyl (C=O) groups is 1. The van der Waals surface area contributed by atoms with Crippen LogP contribution in [-0.4, -0.2) is 45.2 Å². The largest absolute Gasteiger partial charge is 0.462 e. The van der Waals surface area contributed by atoms with Gasteiger partial charge < -0.3 is 4.74 Å². The number of carbonyl (C=O) groups excluding carboxylic acids is 1. The van der Waals surface area contributed by atoms with E-state index in [0.29, 0.717) is 12.2 Å². The molecule has 0 unspecified atom stereocenters. The Morgan fingerprint density at radius 1 is 0.710 bits per heavy atom. The highest BCUT2D eigenvalue weighted by molar-refractivity contribution is 6.51. The lowest BCUT2D eigenvalue weighted by molar-refractivity contribution is 0.0526. The SMILES string of the molecule is CCOC(=O)c1cc2c[c]([Al])c3cc4ccc5ccccc5c4c4[c]([Al])cc(c1)c2c34. The molecule has 0 heterocycles. The van der Waals surface area contributed by atoms with E-state index < -0.39 is 0 Å². The summed E-state index contributed by atoms with van der Waals surface area (Å²) in [7, 11) is 0. The Balaban J connectivity index is 1.87. The van der Waals surface area contributed by atoms with Crippen molar-refractivity contribution in [3.05, 3.63) is 72.3 Å². The summed E-state index contributed by atoms with van der Waals surface area (Å²) in [6, 6.07) is 23.6. The van der Waals surface area contributed by atoms with Crippen LogP contribution in [0.25, 0.3) is 53.9 Å². The Morgan fingerprint density at radius 3 is 2.19 bits per heavy atom. The first-order chi connectivity index (χ1) is 15.1. The quantitative estimate of drug-likeness (QED) is 0.174. The molecule has 0 aliphatic carbocycles. The molecule has 0 aliphatic rings. The van der Waals surface area contributed by atoms with E-state index in [-0.39, 0.29) is 5.97 Å². The summed E-state index contributed by atoms with van der Waals surface area (Å²) < 4.78 is 7.54. The molecule has 0 spiro atoms. The van der Waals surface area contributed by atoms with E-state index in [0.717, 1.165) is 19.6 Å². The molecule has 0 amide bonds. The first-order valence-corrected chi connectivity index (χ1v) is 11.5. The number of hydrogen-bond donors (Lipinski definition) is 0. The minimum Gasteiger partial charge on any atom is -0.462 e. The Morgan fingerprint density at radius 2 is 1.42 bits per heavy atom. The molecule has 4 radical (unpaired) electrons. The van der Waals surface area contributed by atoms with Crippen LogP contribution in [0.3, 0.4) is 0 Å². The topological polar surface area (TPSA) is 26.3 Å². The maximum Gasteiger partial charge on any atom is 0.338 e. The van der Waals surface area contributed by atoms with Gasteiger partial charge in [0.15, 0.2) is 32.6 Å². The first-order valence-electron chi connectivity index (χ1n) is 10.4. The molecule has 6 aromatic carbocycles. The van der Waals surface area contributed by atoms with Gasteiger partial charge in [-0.2, -0.15) is 0 Å². The van der Waals surface area contributed by atoms with E-state index in [1.807, 2.05) is 19.1 Å². The lowest BCUT2D eigenvalue weighted by Gasteiger charge is -2.20. The van der Waals surface area contributed by atoms with Crippen LogP contribution >= 0.6 is 0 Å². The van der Waals surface area contributed by atoms with Gasteiger partial charge in [-0.05, 0) is 79.0 Å². The van der Waals surface area contributed by atoms with Gasteiger partial charge in [0.2, 0.25) is 0 Å². The third kappa shape index (κ3) is 2.74. The summed E-state index contributed by atoms with van der Waals surface area (Å²) >= 11 is 5.82. The number of rotatable bonds is 2. The van der Waals surface area contributed by atoms with Crippen molar-refractivity contribution in [3.8, 4) is 0 Å². The van der Waals surface area contributed by atoms with Crippen LogP contribution in [0.15, 0.2) is 66.7 Å². The van der Waals surface area contributed by atoms with Crippen LogP contribution in [0.4, 0.5) is 0 Å². The standard InChI is InChI=1S/C27H16O2.2Al/c1-2-29-27(28)21-14-17-9-10-20-13-19-8-7-16-5-3-4-6-22(16)25(19)23-12-11-18(15-21)24(17)26(20)23;;/h3-9,11,13-15H,2H2,1H3;;. The van der Waals surface area contributed by atoms with Crippen molar-refractivity contribution in [2.45, 2.75) is 6.92 Å². The fourth-order valence-corrected chi connectivity index (χ4v) is 5.85. The number of ether oxygens (including phenoxy) is 1. The molecule has 0 aliphatic heterocycles. The van der Waals surface area contributed by atoms with E-state index in [4.69, 9.17) is 4.74 Å². The smallest absolute Gasteiger partial charge is 0.338 e. The number of hydrogen-bond acceptors (Lipinski definition) is 2. The Labute approximate surface area is 196 Å². The number of benzene rings is 6. The second-order valence-corrected chi connectivity index (χ2v) is 9.25. The summed E-state index contributed by atoms with van der Waals surface area (Å²) in [6.45, 7) is 2.20. The van der Waals surface area contributed by atoms with Gasteiger partial charge in [-0.15, -0.1) is 8.85 Å². The average molecular weight is 426 g/mol. The maximum absolute atomic E-state index is 12.5. The van der Waals surface area contributed by atoms with Gasteiger partial charge in [-0.3, -0.25) is 0 Å². The highest BCUT2D eigenvalue weighted by Gasteiger charge is 2.18. The Bertz CT molecular complexity index is 1670. The van der Waals surface area contributed by atoms with Crippen molar-refractivity contribution in [1.29, 1.82) is 0 Å². The fraction of sp³-hybridized carbons (Fsp3) is 0.0741. The molecular formula is C27H16Al2O2. The first kappa shape index (κ1) is 19.1. The molecule has 0 saturated carbocycles. The highest BCUT2D eigenvalue weighted by Crippen LogP contribution is 2.39. The van der Waals surface area contributed by atoms with Gasteiger partial charge in [0.25, 0.3) is 0 Å². The molecule has 0 fully saturated rings.